The van der Waals surface area contributed by atoms with Crippen molar-refractivity contribution in [3.8, 4) is 0 Å². The normalized spacial score (nSPS) is 17.4. The van der Waals surface area contributed by atoms with Gasteiger partial charge in [0.15, 0.2) is 0 Å². The first-order valence-electron chi connectivity index (χ1n) is 7.13. The lowest BCUT2D eigenvalue weighted by atomic mass is 10.0. The molecule has 1 fully saturated rings. The smallest absolute Gasteiger partial charge is 0.225 e. The Balaban J connectivity index is 1.84. The maximum absolute atomic E-state index is 12.2. The number of nitrogens with two attached hydrogens (primary N) is 1. The van der Waals surface area contributed by atoms with Crippen molar-refractivity contribution in [3.63, 3.8) is 0 Å². The van der Waals surface area contributed by atoms with E-state index in [9.17, 15) is 4.79 Å². The first kappa shape index (κ1) is 14.7. The number of anilines is 1. The van der Waals surface area contributed by atoms with E-state index in [1.807, 2.05) is 18.7 Å². The summed E-state index contributed by atoms with van der Waals surface area (Å²) in [5.41, 5.74) is 5.96. The predicted molar refractivity (Wildman–Crippen MR) is 78.3 cm³/mol. The van der Waals surface area contributed by atoms with Crippen molar-refractivity contribution in [3.05, 3.63) is 18.5 Å². The molecule has 1 aliphatic rings. The van der Waals surface area contributed by atoms with Gasteiger partial charge in [-0.2, -0.15) is 0 Å². The van der Waals surface area contributed by atoms with Crippen LogP contribution in [0.15, 0.2) is 18.5 Å². The zero-order valence-electron chi connectivity index (χ0n) is 12.2. The number of hydrogen-bond donors (Lipinski definition) is 1. The minimum Gasteiger partial charge on any atom is -0.339 e. The number of hydrogen-bond acceptors (Lipinski definition) is 5. The summed E-state index contributed by atoms with van der Waals surface area (Å²) in [6.45, 7) is 7.05. The van der Waals surface area contributed by atoms with E-state index in [0.717, 1.165) is 19.0 Å². The van der Waals surface area contributed by atoms with Crippen molar-refractivity contribution >= 4 is 11.9 Å². The molecule has 20 heavy (non-hydrogen) atoms. The lowest BCUT2D eigenvalue weighted by Gasteiger charge is -2.35. The Morgan fingerprint density at radius 2 is 1.85 bits per heavy atom. The summed E-state index contributed by atoms with van der Waals surface area (Å²) in [6.07, 6.45) is 3.91. The van der Waals surface area contributed by atoms with E-state index >= 15 is 0 Å². The number of amides is 1. The van der Waals surface area contributed by atoms with Crippen LogP contribution in [0.2, 0.25) is 0 Å². The summed E-state index contributed by atoms with van der Waals surface area (Å²) in [5, 5.41) is 0. The summed E-state index contributed by atoms with van der Waals surface area (Å²) < 4.78 is 0. The molecule has 1 unspecified atom stereocenters. The van der Waals surface area contributed by atoms with Crippen LogP contribution in [-0.2, 0) is 4.79 Å². The van der Waals surface area contributed by atoms with Gasteiger partial charge >= 0.3 is 0 Å². The van der Waals surface area contributed by atoms with Gasteiger partial charge in [-0.05, 0) is 12.0 Å². The molecule has 2 rings (SSSR count). The van der Waals surface area contributed by atoms with E-state index in [-0.39, 0.29) is 11.9 Å². The van der Waals surface area contributed by atoms with Crippen molar-refractivity contribution in [1.29, 1.82) is 0 Å². The molecule has 1 atom stereocenters. The number of carbonyl (C=O) groups excluding carboxylic acids is 1. The molecule has 0 saturated carbocycles. The van der Waals surface area contributed by atoms with Crippen molar-refractivity contribution in [2.75, 3.05) is 31.1 Å². The molecule has 1 saturated heterocycles. The van der Waals surface area contributed by atoms with Gasteiger partial charge in [0, 0.05) is 51.0 Å². The lowest BCUT2D eigenvalue weighted by molar-refractivity contribution is -0.132. The fraction of sp³-hybridized carbons (Fsp3) is 0.643. The van der Waals surface area contributed by atoms with Gasteiger partial charge in [-0.25, -0.2) is 9.97 Å². The van der Waals surface area contributed by atoms with Crippen molar-refractivity contribution in [1.82, 2.24) is 14.9 Å². The first-order valence-corrected chi connectivity index (χ1v) is 7.13. The molecular formula is C14H23N5O. The molecule has 1 aromatic heterocycles. The SMILES string of the molecule is CC(C)C(N)CC(=O)N1CCN(c2ncccn2)CC1. The molecule has 110 valence electrons. The van der Waals surface area contributed by atoms with Crippen LogP contribution < -0.4 is 10.6 Å². The van der Waals surface area contributed by atoms with Gasteiger partial charge in [0.25, 0.3) is 0 Å². The molecule has 1 amide bonds. The van der Waals surface area contributed by atoms with Crippen molar-refractivity contribution < 1.29 is 4.79 Å². The standard InChI is InChI=1S/C14H23N5O/c1-11(2)12(15)10-13(20)18-6-8-19(9-7-18)14-16-4-3-5-17-14/h3-5,11-12H,6-10,15H2,1-2H3. The van der Waals surface area contributed by atoms with Crippen LogP contribution in [0.3, 0.4) is 0 Å². The summed E-state index contributed by atoms with van der Waals surface area (Å²) in [4.78, 5) is 24.6. The molecule has 1 aromatic rings. The van der Waals surface area contributed by atoms with E-state index in [0.29, 0.717) is 25.4 Å². The molecule has 0 radical (unpaired) electrons. The van der Waals surface area contributed by atoms with Crippen LogP contribution in [0.4, 0.5) is 5.95 Å². The van der Waals surface area contributed by atoms with E-state index in [1.54, 1.807) is 18.5 Å². The Morgan fingerprint density at radius 3 is 2.40 bits per heavy atom. The van der Waals surface area contributed by atoms with Crippen LogP contribution >= 0.6 is 0 Å². The Morgan fingerprint density at radius 1 is 1.25 bits per heavy atom. The average Bonchev–Trinajstić information content (AvgIpc) is 2.48. The molecule has 0 aliphatic carbocycles. The van der Waals surface area contributed by atoms with Gasteiger partial charge in [-0.3, -0.25) is 4.79 Å². The first-order chi connectivity index (χ1) is 9.58. The largest absolute Gasteiger partial charge is 0.339 e. The summed E-state index contributed by atoms with van der Waals surface area (Å²) in [7, 11) is 0. The highest BCUT2D eigenvalue weighted by molar-refractivity contribution is 5.77. The third-order valence-corrected chi connectivity index (χ3v) is 3.73. The van der Waals surface area contributed by atoms with Gasteiger partial charge in [0.1, 0.15) is 0 Å². The van der Waals surface area contributed by atoms with Crippen LogP contribution in [-0.4, -0.2) is 53.0 Å². The van der Waals surface area contributed by atoms with E-state index in [2.05, 4.69) is 14.9 Å². The minimum atomic E-state index is -0.0574. The van der Waals surface area contributed by atoms with Crippen LogP contribution in [0, 0.1) is 5.92 Å². The van der Waals surface area contributed by atoms with Crippen molar-refractivity contribution in [2.24, 2.45) is 11.7 Å². The maximum Gasteiger partial charge on any atom is 0.225 e. The highest BCUT2D eigenvalue weighted by Gasteiger charge is 2.24. The number of rotatable bonds is 4. The Labute approximate surface area is 120 Å². The van der Waals surface area contributed by atoms with Gasteiger partial charge < -0.3 is 15.5 Å². The topological polar surface area (TPSA) is 75.4 Å². The summed E-state index contributed by atoms with van der Waals surface area (Å²) >= 11 is 0. The third-order valence-electron chi connectivity index (χ3n) is 3.73. The molecule has 2 N–H and O–H groups in total. The number of nitrogens with zero attached hydrogens (tertiary/aromatic N) is 4. The maximum atomic E-state index is 12.2. The average molecular weight is 277 g/mol. The molecule has 6 nitrogen and oxygen atoms in total. The Bertz CT molecular complexity index is 428. The van der Waals surface area contributed by atoms with Gasteiger partial charge in [-0.1, -0.05) is 13.8 Å². The third kappa shape index (κ3) is 3.66. The van der Waals surface area contributed by atoms with E-state index in [1.165, 1.54) is 0 Å². The zero-order valence-corrected chi connectivity index (χ0v) is 12.2. The number of carbonyl (C=O) groups is 1. The van der Waals surface area contributed by atoms with Gasteiger partial charge in [0.05, 0.1) is 0 Å². The molecule has 0 aromatic carbocycles. The number of piperazine rings is 1. The molecule has 0 bridgehead atoms. The fourth-order valence-corrected chi connectivity index (χ4v) is 2.18. The molecule has 1 aliphatic heterocycles. The van der Waals surface area contributed by atoms with Crippen molar-refractivity contribution in [2.45, 2.75) is 26.3 Å². The van der Waals surface area contributed by atoms with Crippen LogP contribution in [0.5, 0.6) is 0 Å². The minimum absolute atomic E-state index is 0.0574. The second-order valence-electron chi connectivity index (χ2n) is 5.53. The highest BCUT2D eigenvalue weighted by atomic mass is 16.2. The lowest BCUT2D eigenvalue weighted by Crippen LogP contribution is -2.50. The second-order valence-corrected chi connectivity index (χ2v) is 5.53. The molecule has 2 heterocycles. The molecule has 0 spiro atoms. The van der Waals surface area contributed by atoms with Crippen LogP contribution in [0.25, 0.3) is 0 Å². The Kier molecular flexibility index (Phi) is 4.89. The van der Waals surface area contributed by atoms with Crippen LogP contribution in [0.1, 0.15) is 20.3 Å². The van der Waals surface area contributed by atoms with E-state index < -0.39 is 0 Å². The molecular weight excluding hydrogens is 254 g/mol. The van der Waals surface area contributed by atoms with Gasteiger partial charge in [-0.15, -0.1) is 0 Å². The number of aromatic nitrogens is 2. The highest BCUT2D eigenvalue weighted by Crippen LogP contribution is 2.12. The monoisotopic (exact) mass is 277 g/mol. The quantitative estimate of drug-likeness (QED) is 0.867. The fourth-order valence-electron chi connectivity index (χ4n) is 2.18. The Hall–Kier alpha value is -1.69. The molecule has 6 heteroatoms. The summed E-state index contributed by atoms with van der Waals surface area (Å²) in [6, 6.07) is 1.74. The second kappa shape index (κ2) is 6.65. The van der Waals surface area contributed by atoms with E-state index in [4.69, 9.17) is 5.73 Å². The zero-order chi connectivity index (χ0) is 14.5. The summed E-state index contributed by atoms with van der Waals surface area (Å²) in [5.74, 6) is 1.22. The van der Waals surface area contributed by atoms with Gasteiger partial charge in [0.2, 0.25) is 11.9 Å². The predicted octanol–water partition coefficient (Wildman–Crippen LogP) is 0.499.